The summed E-state index contributed by atoms with van der Waals surface area (Å²) in [6.07, 6.45) is -12.8. The Bertz CT molecular complexity index is 1650. The average Bonchev–Trinajstić information content (AvgIpc) is 3.73. The van der Waals surface area contributed by atoms with E-state index in [2.05, 4.69) is 25.6 Å². The summed E-state index contributed by atoms with van der Waals surface area (Å²) in [7, 11) is 0. The zero-order valence-corrected chi connectivity index (χ0v) is 25.7. The van der Waals surface area contributed by atoms with Gasteiger partial charge in [0.15, 0.2) is 12.3 Å². The predicted octanol–water partition coefficient (Wildman–Crippen LogP) is 7.31. The molecule has 47 heavy (non-hydrogen) atoms. The van der Waals surface area contributed by atoms with Crippen molar-refractivity contribution in [2.24, 2.45) is 11.3 Å². The quantitative estimate of drug-likeness (QED) is 0.191. The van der Waals surface area contributed by atoms with E-state index in [9.17, 15) is 44.7 Å². The number of hydrogen-bond donors (Lipinski definition) is 3. The lowest BCUT2D eigenvalue weighted by Gasteiger charge is -2.30. The number of aromatic amines is 1. The van der Waals surface area contributed by atoms with Crippen molar-refractivity contribution in [2.75, 3.05) is 6.61 Å². The molecular formula is C29H27Cl2F8N5O3. The highest BCUT2D eigenvalue weighted by molar-refractivity contribution is 6.36. The number of fused-ring (bicyclic) bond motifs is 1. The molecular weight excluding hydrogens is 689 g/mol. The van der Waals surface area contributed by atoms with Gasteiger partial charge >= 0.3 is 12.4 Å². The number of carbonyl (C=O) groups excluding carboxylic acids is 2. The topological polar surface area (TPSA) is 109 Å². The molecule has 256 valence electrons. The Hall–Kier alpha value is -3.40. The molecule has 2 aliphatic rings. The maximum Gasteiger partial charge on any atom is 0.403 e. The van der Waals surface area contributed by atoms with Crippen LogP contribution in [0.5, 0.6) is 5.88 Å². The van der Waals surface area contributed by atoms with Crippen molar-refractivity contribution in [3.05, 3.63) is 50.8 Å². The Balaban J connectivity index is 1.34. The molecule has 2 aliphatic carbocycles. The van der Waals surface area contributed by atoms with Gasteiger partial charge in [-0.15, -0.1) is 0 Å². The lowest BCUT2D eigenvalue weighted by molar-refractivity contribution is -0.192. The molecule has 3 N–H and O–H groups in total. The van der Waals surface area contributed by atoms with Gasteiger partial charge in [0.1, 0.15) is 16.8 Å². The zero-order valence-electron chi connectivity index (χ0n) is 24.2. The van der Waals surface area contributed by atoms with Gasteiger partial charge < -0.3 is 20.4 Å². The molecule has 18 heteroatoms. The van der Waals surface area contributed by atoms with E-state index in [1.165, 1.54) is 18.2 Å². The van der Waals surface area contributed by atoms with Gasteiger partial charge in [-0.25, -0.2) is 13.8 Å². The number of nitrogens with one attached hydrogen (secondary N) is 3. The summed E-state index contributed by atoms with van der Waals surface area (Å²) in [4.78, 5) is 36.8. The van der Waals surface area contributed by atoms with Crippen molar-refractivity contribution >= 4 is 46.2 Å². The Morgan fingerprint density at radius 3 is 2.32 bits per heavy atom. The van der Waals surface area contributed by atoms with Crippen molar-refractivity contribution in [1.82, 2.24) is 25.6 Å². The predicted molar refractivity (Wildman–Crippen MR) is 153 cm³/mol. The Morgan fingerprint density at radius 2 is 1.72 bits per heavy atom. The number of amides is 2. The fourth-order valence-electron chi connectivity index (χ4n) is 5.52. The lowest BCUT2D eigenvalue weighted by atomic mass is 9.85. The summed E-state index contributed by atoms with van der Waals surface area (Å²) < 4.78 is 110. The maximum absolute atomic E-state index is 13.3. The van der Waals surface area contributed by atoms with E-state index in [0.29, 0.717) is 5.56 Å². The number of nitrogens with zero attached hydrogens (tertiary/aromatic N) is 2. The summed E-state index contributed by atoms with van der Waals surface area (Å²) in [6.45, 7) is -1.39. The minimum Gasteiger partial charge on any atom is -0.471 e. The van der Waals surface area contributed by atoms with Gasteiger partial charge in [0.2, 0.25) is 11.8 Å². The Morgan fingerprint density at radius 1 is 1.04 bits per heavy atom. The van der Waals surface area contributed by atoms with Gasteiger partial charge in [0, 0.05) is 24.0 Å². The van der Waals surface area contributed by atoms with E-state index in [1.807, 2.05) is 0 Å². The van der Waals surface area contributed by atoms with Gasteiger partial charge in [0.05, 0.1) is 16.5 Å². The number of hydrogen-bond acceptors (Lipinski definition) is 5. The minimum atomic E-state index is -4.68. The second kappa shape index (κ2) is 13.2. The van der Waals surface area contributed by atoms with Crippen LogP contribution in [0, 0.1) is 11.3 Å². The summed E-state index contributed by atoms with van der Waals surface area (Å²) in [5.74, 6) is -3.66. The number of rotatable bonds is 10. The highest BCUT2D eigenvalue weighted by atomic mass is 35.5. The van der Waals surface area contributed by atoms with E-state index in [0.717, 1.165) is 0 Å². The van der Waals surface area contributed by atoms with E-state index < -0.39 is 60.5 Å². The fraction of sp³-hybridized carbons (Fsp3) is 0.517. The van der Waals surface area contributed by atoms with E-state index in [4.69, 9.17) is 27.9 Å². The van der Waals surface area contributed by atoms with Crippen molar-refractivity contribution < 1.29 is 49.4 Å². The largest absolute Gasteiger partial charge is 0.471 e. The van der Waals surface area contributed by atoms with Crippen LogP contribution in [0.15, 0.2) is 18.2 Å². The number of carbonyl (C=O) groups is 2. The fourth-order valence-corrected chi connectivity index (χ4v) is 6.09. The highest BCUT2D eigenvalue weighted by Crippen LogP contribution is 2.57. The first kappa shape index (κ1) is 34.9. The molecule has 0 radical (unpaired) electrons. The lowest BCUT2D eigenvalue weighted by Crippen LogP contribution is -2.41. The number of imidazole rings is 1. The van der Waals surface area contributed by atoms with E-state index >= 15 is 0 Å². The molecule has 8 nitrogen and oxygen atoms in total. The first-order valence-corrected chi connectivity index (χ1v) is 15.2. The average molecular weight is 716 g/mol. The molecule has 0 saturated heterocycles. The van der Waals surface area contributed by atoms with Crippen molar-refractivity contribution in [3.8, 4) is 5.88 Å². The second-order valence-electron chi connectivity index (χ2n) is 11.6. The molecule has 0 unspecified atom stereocenters. The summed E-state index contributed by atoms with van der Waals surface area (Å²) in [5.41, 5.74) is -1.89. The van der Waals surface area contributed by atoms with Crippen LogP contribution in [-0.4, -0.2) is 58.2 Å². The molecule has 0 atom stereocenters. The summed E-state index contributed by atoms with van der Waals surface area (Å²) >= 11 is 12.9. The molecule has 1 aromatic carbocycles. The Labute approximate surface area is 271 Å². The highest BCUT2D eigenvalue weighted by Gasteiger charge is 2.68. The second-order valence-corrected chi connectivity index (χ2v) is 12.4. The first-order valence-electron chi connectivity index (χ1n) is 14.5. The molecule has 2 amide bonds. The van der Waals surface area contributed by atoms with Crippen LogP contribution in [0.4, 0.5) is 35.1 Å². The van der Waals surface area contributed by atoms with Crippen LogP contribution < -0.4 is 15.4 Å². The number of ether oxygens (including phenoxy) is 1. The number of aromatic nitrogens is 3. The van der Waals surface area contributed by atoms with Gasteiger partial charge in [-0.2, -0.15) is 31.3 Å². The Kier molecular flexibility index (Phi) is 9.84. The first-order chi connectivity index (χ1) is 22.0. The van der Waals surface area contributed by atoms with Crippen LogP contribution in [0.1, 0.15) is 65.8 Å². The van der Waals surface area contributed by atoms with E-state index in [-0.39, 0.29) is 89.7 Å². The van der Waals surface area contributed by atoms with Crippen molar-refractivity contribution in [2.45, 2.75) is 76.3 Å². The third-order valence-corrected chi connectivity index (χ3v) is 9.21. The SMILES string of the molecule is O=C(NC1CCC(C(F)(F)F)CC1)c1cc2[nH]c(Cc3c(Cl)ccc(CNC(=O)C4(C(F)(F)F)CC4)c3Cl)nc2nc1OCC(F)F. The summed E-state index contributed by atoms with van der Waals surface area (Å²) in [5, 5.41) is 5.15. The molecule has 3 aromatic rings. The molecule has 0 bridgehead atoms. The van der Waals surface area contributed by atoms with E-state index in [1.54, 1.807) is 0 Å². The van der Waals surface area contributed by atoms with Gasteiger partial charge in [0.25, 0.3) is 12.3 Å². The molecule has 2 saturated carbocycles. The third kappa shape index (κ3) is 7.68. The molecule has 2 aromatic heterocycles. The molecule has 0 spiro atoms. The summed E-state index contributed by atoms with van der Waals surface area (Å²) in [6, 6.07) is 3.58. The smallest absolute Gasteiger partial charge is 0.403 e. The van der Waals surface area contributed by atoms with Crippen molar-refractivity contribution in [1.29, 1.82) is 0 Å². The minimum absolute atomic E-state index is 0.0240. The number of halogens is 10. The van der Waals surface area contributed by atoms with Crippen molar-refractivity contribution in [3.63, 3.8) is 0 Å². The maximum atomic E-state index is 13.3. The number of pyridine rings is 1. The monoisotopic (exact) mass is 715 g/mol. The van der Waals surface area contributed by atoms with Gasteiger partial charge in [-0.3, -0.25) is 9.59 Å². The third-order valence-electron chi connectivity index (χ3n) is 8.38. The molecule has 2 heterocycles. The number of H-pyrrole nitrogens is 1. The molecule has 2 fully saturated rings. The van der Waals surface area contributed by atoms with Crippen LogP contribution in [0.25, 0.3) is 11.2 Å². The standard InChI is InChI=1S/C29H27Cl2F8N5O3/c30-18-6-1-13(11-40-26(46)27(7-8-27)29(37,38)39)22(31)16(18)10-21-42-19-9-17(25(44-23(19)43-21)47-12-20(32)33)24(45)41-15-4-2-14(3-5-15)28(34,35)36/h1,6,9,14-15,20H,2-5,7-8,10-12H2,(H,40,46)(H,41,45)(H,42,43,44). The number of alkyl halides is 8. The van der Waals surface area contributed by atoms with Crippen LogP contribution in [-0.2, 0) is 17.8 Å². The number of benzene rings is 1. The zero-order chi connectivity index (χ0) is 34.3. The normalized spacial score (nSPS) is 19.6. The van der Waals surface area contributed by atoms with Crippen LogP contribution >= 0.6 is 23.2 Å². The van der Waals surface area contributed by atoms with Gasteiger partial charge in [-0.1, -0.05) is 29.3 Å². The van der Waals surface area contributed by atoms with Crippen LogP contribution in [0.3, 0.4) is 0 Å². The molecule has 0 aliphatic heterocycles. The van der Waals surface area contributed by atoms with Gasteiger partial charge in [-0.05, 0) is 61.8 Å². The molecule has 5 rings (SSSR count). The van der Waals surface area contributed by atoms with Crippen LogP contribution in [0.2, 0.25) is 10.0 Å².